The minimum Gasteiger partial charge on any atom is -0.486 e. The number of thiophene rings is 1. The number of nitrogens with zero attached hydrogens (tertiary/aromatic N) is 4. The number of nitrogens with one attached hydrogen (secondary N) is 2. The molecule has 1 aliphatic rings. The molecule has 0 saturated carbocycles. The monoisotopic (exact) mass is 440 g/mol. The Morgan fingerprint density at radius 2 is 2.06 bits per heavy atom. The topological polar surface area (TPSA) is 85.6 Å². The molecule has 0 fully saturated rings. The maximum atomic E-state index is 6.03. The predicted octanol–water partition coefficient (Wildman–Crippen LogP) is 2.52. The molecule has 0 radical (unpaired) electrons. The smallest absolute Gasteiger partial charge is 0.191 e. The molecule has 0 saturated heterocycles. The van der Waals surface area contributed by atoms with Crippen molar-refractivity contribution in [1.82, 2.24) is 25.4 Å². The van der Waals surface area contributed by atoms with E-state index in [1.54, 1.807) is 17.7 Å². The molecule has 1 aliphatic heterocycles. The molecule has 0 aliphatic carbocycles. The van der Waals surface area contributed by atoms with Crippen LogP contribution in [-0.2, 0) is 19.4 Å². The van der Waals surface area contributed by atoms with Crippen molar-refractivity contribution in [1.29, 1.82) is 0 Å². The highest BCUT2D eigenvalue weighted by Gasteiger charge is 2.20. The van der Waals surface area contributed by atoms with E-state index in [2.05, 4.69) is 49.8 Å². The molecule has 164 valence electrons. The Bertz CT molecular complexity index is 972. The SMILES string of the molecule is CCc1nncn1CCNC(=NCC1COc2ccccc2O1)NCCc1cccs1. The lowest BCUT2D eigenvalue weighted by atomic mass is 10.2. The summed E-state index contributed by atoms with van der Waals surface area (Å²) in [5.41, 5.74) is 0. The van der Waals surface area contributed by atoms with Crippen molar-refractivity contribution < 1.29 is 9.47 Å². The quantitative estimate of drug-likeness (QED) is 0.393. The second kappa shape index (κ2) is 10.8. The maximum Gasteiger partial charge on any atom is 0.191 e. The van der Waals surface area contributed by atoms with Crippen LogP contribution in [0.5, 0.6) is 11.5 Å². The maximum absolute atomic E-state index is 6.03. The van der Waals surface area contributed by atoms with Crippen molar-refractivity contribution in [2.24, 2.45) is 4.99 Å². The number of para-hydroxylation sites is 2. The van der Waals surface area contributed by atoms with E-state index < -0.39 is 0 Å². The molecule has 1 unspecified atom stereocenters. The van der Waals surface area contributed by atoms with Crippen molar-refractivity contribution in [3.63, 3.8) is 0 Å². The van der Waals surface area contributed by atoms with Gasteiger partial charge in [-0.05, 0) is 30.0 Å². The van der Waals surface area contributed by atoms with Crippen LogP contribution >= 0.6 is 11.3 Å². The van der Waals surface area contributed by atoms with Gasteiger partial charge in [0.15, 0.2) is 23.6 Å². The van der Waals surface area contributed by atoms with Crippen LogP contribution in [0.25, 0.3) is 0 Å². The largest absolute Gasteiger partial charge is 0.486 e. The second-order valence-corrected chi connectivity index (χ2v) is 8.20. The van der Waals surface area contributed by atoms with E-state index in [4.69, 9.17) is 14.5 Å². The summed E-state index contributed by atoms with van der Waals surface area (Å²) >= 11 is 1.77. The molecule has 0 bridgehead atoms. The highest BCUT2D eigenvalue weighted by atomic mass is 32.1. The van der Waals surface area contributed by atoms with Crippen molar-refractivity contribution in [2.75, 3.05) is 26.2 Å². The fourth-order valence-electron chi connectivity index (χ4n) is 3.31. The van der Waals surface area contributed by atoms with Gasteiger partial charge in [0.05, 0.1) is 6.54 Å². The zero-order valence-corrected chi connectivity index (χ0v) is 18.5. The van der Waals surface area contributed by atoms with Crippen LogP contribution in [0.1, 0.15) is 17.6 Å². The molecule has 3 heterocycles. The van der Waals surface area contributed by atoms with Crippen LogP contribution in [0.4, 0.5) is 0 Å². The third-order valence-corrected chi connectivity index (χ3v) is 5.86. The molecule has 3 aromatic rings. The first-order valence-corrected chi connectivity index (χ1v) is 11.5. The number of benzene rings is 1. The van der Waals surface area contributed by atoms with E-state index in [0.717, 1.165) is 55.8 Å². The van der Waals surface area contributed by atoms with E-state index in [1.807, 2.05) is 24.3 Å². The van der Waals surface area contributed by atoms with Crippen LogP contribution in [0.3, 0.4) is 0 Å². The molecule has 0 spiro atoms. The second-order valence-electron chi connectivity index (χ2n) is 7.16. The molecule has 4 rings (SSSR count). The number of guanidine groups is 1. The number of aromatic nitrogens is 3. The Hall–Kier alpha value is -3.07. The molecule has 9 heteroatoms. The van der Waals surface area contributed by atoms with Gasteiger partial charge in [0, 0.05) is 30.9 Å². The van der Waals surface area contributed by atoms with E-state index in [1.165, 1.54) is 4.88 Å². The Labute approximate surface area is 186 Å². The normalized spacial score (nSPS) is 15.6. The van der Waals surface area contributed by atoms with Gasteiger partial charge in [0.1, 0.15) is 18.8 Å². The van der Waals surface area contributed by atoms with E-state index in [-0.39, 0.29) is 6.10 Å². The van der Waals surface area contributed by atoms with E-state index >= 15 is 0 Å². The summed E-state index contributed by atoms with van der Waals surface area (Å²) in [7, 11) is 0. The van der Waals surface area contributed by atoms with Crippen LogP contribution in [0.2, 0.25) is 0 Å². The molecule has 8 nitrogen and oxygen atoms in total. The number of aliphatic imine (C=N–C) groups is 1. The predicted molar refractivity (Wildman–Crippen MR) is 122 cm³/mol. The third kappa shape index (κ3) is 5.97. The molecule has 31 heavy (non-hydrogen) atoms. The third-order valence-electron chi connectivity index (χ3n) is 4.92. The lowest BCUT2D eigenvalue weighted by Gasteiger charge is -2.25. The number of hydrogen-bond donors (Lipinski definition) is 2. The van der Waals surface area contributed by atoms with Gasteiger partial charge in [0.25, 0.3) is 0 Å². The van der Waals surface area contributed by atoms with Crippen molar-refractivity contribution in [3.05, 3.63) is 58.8 Å². The molecule has 0 amide bonds. The molecule has 1 atom stereocenters. The first-order chi connectivity index (χ1) is 15.3. The zero-order valence-electron chi connectivity index (χ0n) is 17.7. The number of fused-ring (bicyclic) bond motifs is 1. The molecule has 1 aromatic carbocycles. The molecule has 2 aromatic heterocycles. The average molecular weight is 441 g/mol. The van der Waals surface area contributed by atoms with Crippen LogP contribution < -0.4 is 20.1 Å². The summed E-state index contributed by atoms with van der Waals surface area (Å²) < 4.78 is 13.9. The van der Waals surface area contributed by atoms with Crippen molar-refractivity contribution in [2.45, 2.75) is 32.4 Å². The number of ether oxygens (including phenoxy) is 2. The standard InChI is InChI=1S/C22H28N6O2S/c1-2-21-27-26-16-28(21)12-11-24-22(23-10-9-18-6-5-13-31-18)25-14-17-15-29-19-7-3-4-8-20(19)30-17/h3-8,13,16-17H,2,9-12,14-15H2,1H3,(H2,23,24,25). The van der Waals surface area contributed by atoms with Gasteiger partial charge in [-0.15, -0.1) is 21.5 Å². The van der Waals surface area contributed by atoms with Gasteiger partial charge >= 0.3 is 0 Å². The van der Waals surface area contributed by atoms with Crippen molar-refractivity contribution >= 4 is 17.3 Å². The van der Waals surface area contributed by atoms with Crippen molar-refractivity contribution in [3.8, 4) is 11.5 Å². The van der Waals surface area contributed by atoms with Gasteiger partial charge in [-0.1, -0.05) is 25.1 Å². The lowest BCUT2D eigenvalue weighted by Crippen LogP contribution is -2.41. The summed E-state index contributed by atoms with van der Waals surface area (Å²) in [6.45, 7) is 5.39. The van der Waals surface area contributed by atoms with Crippen LogP contribution in [0.15, 0.2) is 53.1 Å². The molecular weight excluding hydrogens is 412 g/mol. The number of aryl methyl sites for hydroxylation is 1. The van der Waals surface area contributed by atoms with Crippen LogP contribution in [-0.4, -0.2) is 53.1 Å². The first-order valence-electron chi connectivity index (χ1n) is 10.6. The summed E-state index contributed by atoms with van der Waals surface area (Å²) in [6.07, 6.45) is 3.47. The summed E-state index contributed by atoms with van der Waals surface area (Å²) in [5.74, 6) is 3.31. The fourth-order valence-corrected chi connectivity index (χ4v) is 4.02. The van der Waals surface area contributed by atoms with E-state index in [0.29, 0.717) is 13.2 Å². The Morgan fingerprint density at radius 1 is 1.19 bits per heavy atom. The number of rotatable bonds is 9. The molecule has 2 N–H and O–H groups in total. The van der Waals surface area contributed by atoms with E-state index in [9.17, 15) is 0 Å². The molecular formula is C22H28N6O2S. The summed E-state index contributed by atoms with van der Waals surface area (Å²) in [5, 5.41) is 17.1. The highest BCUT2D eigenvalue weighted by Crippen LogP contribution is 2.30. The Kier molecular flexibility index (Phi) is 7.38. The average Bonchev–Trinajstić information content (AvgIpc) is 3.49. The Morgan fingerprint density at radius 3 is 2.90 bits per heavy atom. The zero-order chi connectivity index (χ0) is 21.3. The van der Waals surface area contributed by atoms with Gasteiger partial charge in [-0.3, -0.25) is 0 Å². The minimum absolute atomic E-state index is 0.115. The van der Waals surface area contributed by atoms with Gasteiger partial charge < -0.3 is 24.7 Å². The lowest BCUT2D eigenvalue weighted by molar-refractivity contribution is 0.0971. The first kappa shape index (κ1) is 21.2. The van der Waals surface area contributed by atoms with Gasteiger partial charge in [-0.25, -0.2) is 4.99 Å². The summed E-state index contributed by atoms with van der Waals surface area (Å²) in [6, 6.07) is 12.0. The highest BCUT2D eigenvalue weighted by molar-refractivity contribution is 7.09. The number of hydrogen-bond acceptors (Lipinski definition) is 6. The summed E-state index contributed by atoms with van der Waals surface area (Å²) in [4.78, 5) is 6.10. The Balaban J connectivity index is 1.33. The van der Waals surface area contributed by atoms with Gasteiger partial charge in [0.2, 0.25) is 0 Å². The van der Waals surface area contributed by atoms with Crippen LogP contribution in [0, 0.1) is 0 Å². The van der Waals surface area contributed by atoms with Gasteiger partial charge in [-0.2, -0.15) is 0 Å². The fraction of sp³-hybridized carbons (Fsp3) is 0.409. The minimum atomic E-state index is -0.115.